The van der Waals surface area contributed by atoms with Crippen LogP contribution < -0.4 is 0 Å². The molecule has 0 atom stereocenters. The van der Waals surface area contributed by atoms with E-state index in [0.29, 0.717) is 101 Å². The normalized spacial score (nSPS) is 9.47. The molecule has 0 spiro atoms. The van der Waals surface area contributed by atoms with Gasteiger partial charge in [-0.1, -0.05) is 263 Å². The fourth-order valence-electron chi connectivity index (χ4n) is 8.93. The minimum Gasteiger partial charge on any atom is -0.385 e. The molecule has 0 saturated carbocycles. The van der Waals surface area contributed by atoms with E-state index in [-0.39, 0.29) is 27.2 Å². The van der Waals surface area contributed by atoms with Crippen LogP contribution in [0.5, 0.6) is 0 Å². The molecule has 0 amide bonds. The molecular formula is C114H216N12O21. The van der Waals surface area contributed by atoms with E-state index in [0.717, 1.165) is 150 Å². The number of unbranched alkanes of at least 4 members (excludes halogenated alkanes) is 16. The van der Waals surface area contributed by atoms with E-state index in [1.54, 1.807) is 245 Å². The summed E-state index contributed by atoms with van der Waals surface area (Å²) < 4.78 is 107. The van der Waals surface area contributed by atoms with Crippen LogP contribution in [0.25, 0.3) is 0 Å². The third-order valence-electron chi connectivity index (χ3n) is 17.8. The van der Waals surface area contributed by atoms with Crippen molar-refractivity contribution in [2.24, 2.45) is 0 Å². The van der Waals surface area contributed by atoms with Gasteiger partial charge in [0.15, 0.2) is 6.79 Å². The Hall–Kier alpha value is -9.48. The quantitative estimate of drug-likeness (QED) is 0.0407. The van der Waals surface area contributed by atoms with E-state index < -0.39 is 0 Å². The first kappa shape index (κ1) is 163. The number of rotatable bonds is 99. The van der Waals surface area contributed by atoms with Crippen LogP contribution in [0.4, 0.5) is 0 Å². The predicted molar refractivity (Wildman–Crippen MR) is 616 cm³/mol. The minimum absolute atomic E-state index is 0.200. The zero-order valence-electron chi connectivity index (χ0n) is 95.0. The lowest BCUT2D eigenvalue weighted by atomic mass is 10.2. The summed E-state index contributed by atoms with van der Waals surface area (Å²) in [6.07, 6.45) is 68.4. The highest BCUT2D eigenvalue weighted by molar-refractivity contribution is 4.85. The van der Waals surface area contributed by atoms with Gasteiger partial charge in [-0.2, -0.15) is 0 Å². The molecular weight excluding hydrogens is 1870 g/mol. The van der Waals surface area contributed by atoms with Crippen LogP contribution in [0, 0.1) is 0 Å². The molecule has 33 nitrogen and oxygen atoms in total. The first-order chi connectivity index (χ1) is 71.7. The van der Waals surface area contributed by atoms with E-state index in [1.807, 2.05) is 19.6 Å². The molecule has 0 aromatic rings. The van der Waals surface area contributed by atoms with E-state index in [4.69, 9.17) is 85.3 Å². The molecule has 0 saturated heterocycles. The first-order valence-corrected chi connectivity index (χ1v) is 50.2. The van der Waals surface area contributed by atoms with Gasteiger partial charge in [0.05, 0.1) is 19.8 Å². The predicted octanol–water partition coefficient (Wildman–Crippen LogP) is 25.1. The molecule has 0 aliphatic heterocycles. The van der Waals surface area contributed by atoms with E-state index >= 15 is 0 Å². The maximum absolute atomic E-state index is 5.44. The van der Waals surface area contributed by atoms with Crippen molar-refractivity contribution in [1.29, 1.82) is 0 Å². The summed E-state index contributed by atoms with van der Waals surface area (Å²) in [5, 5.41) is 0. The summed E-state index contributed by atoms with van der Waals surface area (Å²) in [5.41, 5.74) is 0. The molecule has 147 heavy (non-hydrogen) atoms. The van der Waals surface area contributed by atoms with Gasteiger partial charge in [-0.05, 0) is 226 Å². The number of hydrogen-bond acceptors (Lipinski definition) is 33. The Morgan fingerprint density at radius 3 is 0.469 bits per heavy atom. The fourth-order valence-corrected chi connectivity index (χ4v) is 8.93. The lowest BCUT2D eigenvalue weighted by Gasteiger charge is -2.14. The zero-order chi connectivity index (χ0) is 113. The van der Waals surface area contributed by atoms with E-state index in [1.165, 1.54) is 77.0 Å². The fraction of sp³-hybridized carbons (Fsp3) is 0.579. The highest BCUT2D eigenvalue weighted by Crippen LogP contribution is 2.07. The maximum Gasteiger partial charge on any atom is 0.151 e. The molecule has 0 N–H and O–H groups in total. The van der Waals surface area contributed by atoms with Crippen LogP contribution >= 0.6 is 0 Å². The maximum atomic E-state index is 5.44. The van der Waals surface area contributed by atoms with Gasteiger partial charge in [-0.3, -0.25) is 0 Å². The average Bonchev–Trinajstić information content (AvgIpc) is 1.06. The van der Waals surface area contributed by atoms with Crippen molar-refractivity contribution in [2.45, 2.75) is 182 Å². The van der Waals surface area contributed by atoms with Gasteiger partial charge >= 0.3 is 0 Å². The van der Waals surface area contributed by atoms with E-state index in [9.17, 15) is 0 Å². The molecule has 0 aliphatic carbocycles. The highest BCUT2D eigenvalue weighted by atomic mass is 16.7. The van der Waals surface area contributed by atoms with Crippen LogP contribution in [0.15, 0.2) is 307 Å². The van der Waals surface area contributed by atoms with Crippen LogP contribution in [-0.2, 0) is 99.5 Å². The standard InChI is InChI=1S/C12H23NO2.C12H23NO.C11H21NO2.C11H21NO.C10H19NO2.C10H19NO.C9H17NO2.C9H17NO.C8H15NO3.C8H15NO2.2C7H13NO2/c1-4-13(5-2)12-15-11-9-7-6-8-10-14-3;1-4-7-8-9-10-11-14-12-13(5-2)6-3;1-4-12(5-2)11-14-10-8-6-7-9-13-3;1-4-7-8-9-10-13-11-12(5-2)6-3;1-4-11(5-2)10-13-9-7-6-8-12-3;1-4-7-8-9-12-10-11(5-2)6-3;1-4-10(5-2)9-12-8-6-7-11-3;1-4-7-8-11-9-10(5-2)6-3;1-4-9(5-2)6-11-8-12-7-10-3;1-4-9(5-2)8-11-7-6-10-3;2*1-4-8(5-2)6-10-7-9-3/h4-5H,1-2,6-12H2,3H3;5-6H,2-4,7-12H2,1H3;4-5H,1-2,6-11H2,3H3;5-6H,2-4,7-11H2,1H3;4-5H,1-2,6-10H2,3H3;5-6H,2-4,7-10H2,1H3;4-5H,1-2,6-9H2,3H3;5-6H,2-4,7-9H2,1H3;4-5H,1-2,6-8H2,3H3;4-5H,1-2,6-8H2,3H3;2*4-5H,1-2,6-7H2,3H3. The molecule has 858 valence electrons. The SMILES string of the molecule is C=CN(C=C)COCCCC.C=CN(C=C)COCCCCC.C=CN(C=C)COCCCCCC.C=CN(C=C)COCCCCCCC.C=CN(C=C)COCCCCCCOC.C=CN(C=C)COCCCCCOC.C=CN(C=C)COCCCCOC.C=CN(C=C)COCCCOC.C=CN(C=C)COCCOC.C=CN(C=C)COCOC.C=CN(C=C)COCOC.C=CN(C=C)COCOCOC. The Labute approximate surface area is 899 Å². The van der Waals surface area contributed by atoms with Gasteiger partial charge in [0, 0.05) is 130 Å². The zero-order valence-corrected chi connectivity index (χ0v) is 95.0. The monoisotopic (exact) mass is 2090 g/mol. The summed E-state index contributed by atoms with van der Waals surface area (Å²) in [7, 11) is 13.2. The molecule has 0 aromatic heterocycles. The largest absolute Gasteiger partial charge is 0.385 e. The third-order valence-corrected chi connectivity index (χ3v) is 17.8. The first-order valence-electron chi connectivity index (χ1n) is 50.2. The molecule has 0 unspecified atom stereocenters. The van der Waals surface area contributed by atoms with Crippen molar-refractivity contribution in [3.05, 3.63) is 307 Å². The Bertz CT molecular complexity index is 2560. The van der Waals surface area contributed by atoms with Crippen molar-refractivity contribution in [3.63, 3.8) is 0 Å². The molecule has 0 aromatic carbocycles. The summed E-state index contributed by atoms with van der Waals surface area (Å²) in [6, 6.07) is 0. The molecule has 0 fully saturated rings. The summed E-state index contributed by atoms with van der Waals surface area (Å²) in [6.45, 7) is 113. The minimum atomic E-state index is 0.200. The average molecular weight is 2090 g/mol. The lowest BCUT2D eigenvalue weighted by Crippen LogP contribution is -2.15. The van der Waals surface area contributed by atoms with Crippen molar-refractivity contribution >= 4 is 0 Å². The second-order valence-corrected chi connectivity index (χ2v) is 29.5. The third kappa shape index (κ3) is 157. The molecule has 0 bridgehead atoms. The number of hydrogen-bond donors (Lipinski definition) is 0. The Balaban J connectivity index is -0.000000135. The van der Waals surface area contributed by atoms with Crippen molar-refractivity contribution in [3.8, 4) is 0 Å². The molecule has 33 heteroatoms. The molecule has 0 heterocycles. The van der Waals surface area contributed by atoms with Crippen LogP contribution in [0.1, 0.15) is 182 Å². The summed E-state index contributed by atoms with van der Waals surface area (Å²) in [4.78, 5) is 21.3. The Morgan fingerprint density at radius 1 is 0.122 bits per heavy atom. The number of ether oxygens (including phenoxy) is 21. The van der Waals surface area contributed by atoms with Crippen LogP contribution in [-0.4, -0.2) is 316 Å². The van der Waals surface area contributed by atoms with Crippen LogP contribution in [0.2, 0.25) is 0 Å². The molecule has 0 aliphatic rings. The van der Waals surface area contributed by atoms with Crippen molar-refractivity contribution in [2.75, 3.05) is 257 Å². The van der Waals surface area contributed by atoms with Gasteiger partial charge in [0.2, 0.25) is 0 Å². The molecule has 0 rings (SSSR count). The number of methoxy groups -OCH3 is 8. The van der Waals surface area contributed by atoms with Gasteiger partial charge in [0.1, 0.15) is 101 Å². The van der Waals surface area contributed by atoms with Crippen molar-refractivity contribution < 1.29 is 99.5 Å². The summed E-state index contributed by atoms with van der Waals surface area (Å²) in [5.74, 6) is 0. The van der Waals surface area contributed by atoms with Gasteiger partial charge in [-0.25, -0.2) is 0 Å². The van der Waals surface area contributed by atoms with Gasteiger partial charge in [-0.15, -0.1) is 0 Å². The number of nitrogens with zero attached hydrogens (tertiary/aromatic N) is 12. The van der Waals surface area contributed by atoms with Gasteiger partial charge < -0.3 is 158 Å². The summed E-state index contributed by atoms with van der Waals surface area (Å²) >= 11 is 0. The van der Waals surface area contributed by atoms with Gasteiger partial charge in [0.25, 0.3) is 0 Å². The second-order valence-electron chi connectivity index (χ2n) is 29.5. The smallest absolute Gasteiger partial charge is 0.151 e. The highest BCUT2D eigenvalue weighted by Gasteiger charge is 2.03. The van der Waals surface area contributed by atoms with Crippen molar-refractivity contribution in [1.82, 2.24) is 58.8 Å². The topological polar surface area (TPSA) is 233 Å². The molecule has 0 radical (unpaired) electrons. The van der Waals surface area contributed by atoms with Crippen LogP contribution in [0.3, 0.4) is 0 Å². The van der Waals surface area contributed by atoms with E-state index in [2.05, 4.69) is 200 Å². The lowest BCUT2D eigenvalue weighted by molar-refractivity contribution is -0.131. The second kappa shape index (κ2) is 159. The Morgan fingerprint density at radius 2 is 0.259 bits per heavy atom. The Kier molecular flexibility index (Phi) is 176.